The van der Waals surface area contributed by atoms with Gasteiger partial charge in [-0.1, -0.05) is 42.5 Å². The van der Waals surface area contributed by atoms with Gasteiger partial charge in [-0.3, -0.25) is 4.79 Å². The van der Waals surface area contributed by atoms with E-state index in [0.717, 1.165) is 44.0 Å². The van der Waals surface area contributed by atoms with Crippen molar-refractivity contribution in [3.63, 3.8) is 0 Å². The van der Waals surface area contributed by atoms with E-state index < -0.39 is 0 Å². The van der Waals surface area contributed by atoms with Crippen LogP contribution in [0.3, 0.4) is 0 Å². The molecule has 1 aliphatic heterocycles. The highest BCUT2D eigenvalue weighted by Gasteiger charge is 2.17. The summed E-state index contributed by atoms with van der Waals surface area (Å²) in [7, 11) is 0. The second kappa shape index (κ2) is 6.76. The van der Waals surface area contributed by atoms with Gasteiger partial charge in [0.2, 0.25) is 5.91 Å². The minimum Gasteiger partial charge on any atom is -0.366 e. The lowest BCUT2D eigenvalue weighted by Crippen LogP contribution is -2.07. The van der Waals surface area contributed by atoms with Crippen molar-refractivity contribution in [1.29, 1.82) is 0 Å². The molecule has 3 heterocycles. The first-order valence-corrected chi connectivity index (χ1v) is 9.72. The van der Waals surface area contributed by atoms with Crippen LogP contribution in [0.25, 0.3) is 16.9 Å². The third-order valence-electron chi connectivity index (χ3n) is 4.77. The van der Waals surface area contributed by atoms with Crippen LogP contribution in [0.5, 0.6) is 0 Å². The molecule has 2 N–H and O–H groups in total. The van der Waals surface area contributed by atoms with Gasteiger partial charge in [0.1, 0.15) is 5.82 Å². The van der Waals surface area contributed by atoms with Gasteiger partial charge < -0.3 is 10.6 Å². The van der Waals surface area contributed by atoms with Gasteiger partial charge in [0.15, 0.2) is 5.65 Å². The molecule has 138 valence electrons. The number of carbonyl (C=O) groups excluding carboxylic acids is 1. The van der Waals surface area contributed by atoms with Crippen molar-refractivity contribution in [2.75, 3.05) is 10.6 Å². The van der Waals surface area contributed by atoms with Crippen LogP contribution in [-0.2, 0) is 17.8 Å². The molecular formula is C21H16BrN5O. The third-order valence-corrected chi connectivity index (χ3v) is 5.33. The fourth-order valence-electron chi connectivity index (χ4n) is 3.40. The highest BCUT2D eigenvalue weighted by atomic mass is 79.9. The third kappa shape index (κ3) is 3.03. The smallest absolute Gasteiger partial charge is 0.228 e. The fraction of sp³-hybridized carbons (Fsp3) is 0.0952. The van der Waals surface area contributed by atoms with Gasteiger partial charge in [0.25, 0.3) is 0 Å². The second-order valence-corrected chi connectivity index (χ2v) is 7.54. The number of benzene rings is 2. The zero-order chi connectivity index (χ0) is 19.1. The topological polar surface area (TPSA) is 71.3 Å². The number of nitrogens with one attached hydrogen (secondary N) is 2. The monoisotopic (exact) mass is 433 g/mol. The Morgan fingerprint density at radius 3 is 2.86 bits per heavy atom. The number of nitrogens with zero attached hydrogens (tertiary/aromatic N) is 3. The lowest BCUT2D eigenvalue weighted by molar-refractivity contribution is -0.115. The molecular weight excluding hydrogens is 418 g/mol. The van der Waals surface area contributed by atoms with Crippen molar-refractivity contribution < 1.29 is 4.79 Å². The number of fused-ring (bicyclic) bond motifs is 2. The predicted octanol–water partition coefficient (Wildman–Crippen LogP) is 4.27. The Balaban J connectivity index is 1.49. The number of aromatic nitrogens is 3. The van der Waals surface area contributed by atoms with E-state index in [0.29, 0.717) is 13.0 Å². The maximum atomic E-state index is 11.6. The summed E-state index contributed by atoms with van der Waals surface area (Å²) in [5, 5.41) is 10.8. The Morgan fingerprint density at radius 2 is 2.00 bits per heavy atom. The predicted molar refractivity (Wildman–Crippen MR) is 112 cm³/mol. The van der Waals surface area contributed by atoms with E-state index in [-0.39, 0.29) is 5.91 Å². The highest BCUT2D eigenvalue weighted by molar-refractivity contribution is 9.10. The van der Waals surface area contributed by atoms with Crippen molar-refractivity contribution in [2.45, 2.75) is 13.0 Å². The minimum atomic E-state index is 0.0462. The largest absolute Gasteiger partial charge is 0.366 e. The molecule has 0 atom stereocenters. The lowest BCUT2D eigenvalue weighted by Gasteiger charge is -2.12. The van der Waals surface area contributed by atoms with Crippen molar-refractivity contribution in [2.24, 2.45) is 0 Å². The van der Waals surface area contributed by atoms with E-state index in [2.05, 4.69) is 37.7 Å². The average molecular weight is 434 g/mol. The Labute approximate surface area is 169 Å². The van der Waals surface area contributed by atoms with Crippen LogP contribution >= 0.6 is 15.9 Å². The van der Waals surface area contributed by atoms with E-state index in [1.54, 1.807) is 10.7 Å². The molecule has 28 heavy (non-hydrogen) atoms. The molecule has 0 unspecified atom stereocenters. The molecule has 1 aliphatic rings. The van der Waals surface area contributed by atoms with Crippen LogP contribution in [0.15, 0.2) is 65.3 Å². The molecule has 0 saturated heterocycles. The van der Waals surface area contributed by atoms with Gasteiger partial charge in [-0.25, -0.2) is 4.98 Å². The summed E-state index contributed by atoms with van der Waals surface area (Å²) in [6.07, 6.45) is 2.18. The zero-order valence-corrected chi connectivity index (χ0v) is 16.4. The molecule has 0 fully saturated rings. The Morgan fingerprint density at radius 1 is 1.14 bits per heavy atom. The van der Waals surface area contributed by atoms with E-state index in [1.165, 1.54) is 0 Å². The van der Waals surface area contributed by atoms with E-state index in [1.807, 2.05) is 48.5 Å². The first kappa shape index (κ1) is 16.9. The quantitative estimate of drug-likeness (QED) is 0.504. The molecule has 6 nitrogen and oxygen atoms in total. The molecule has 0 radical (unpaired) electrons. The van der Waals surface area contributed by atoms with Crippen LogP contribution in [0.2, 0.25) is 0 Å². The summed E-state index contributed by atoms with van der Waals surface area (Å²) in [5.74, 6) is 0.897. The molecule has 4 aromatic rings. The molecule has 0 bridgehead atoms. The Kier molecular flexibility index (Phi) is 4.09. The maximum absolute atomic E-state index is 11.6. The standard InChI is InChI=1S/C21H16BrN5O/c22-16-12-24-27-19(10-18(26-21(16)27)14-4-2-1-3-5-14)23-11-13-6-7-17-15(8-13)9-20(28)25-17/h1-8,10,12,23H,9,11H2,(H,25,28). The number of carbonyl (C=O) groups is 1. The molecule has 7 heteroatoms. The van der Waals surface area contributed by atoms with Crippen molar-refractivity contribution >= 4 is 39.0 Å². The Hall–Kier alpha value is -3.19. The first-order chi connectivity index (χ1) is 13.7. The van der Waals surface area contributed by atoms with Crippen LogP contribution < -0.4 is 10.6 Å². The minimum absolute atomic E-state index is 0.0462. The first-order valence-electron chi connectivity index (χ1n) is 8.92. The summed E-state index contributed by atoms with van der Waals surface area (Å²) in [4.78, 5) is 16.3. The summed E-state index contributed by atoms with van der Waals surface area (Å²) in [6.45, 7) is 0.617. The number of rotatable bonds is 4. The average Bonchev–Trinajstić information content (AvgIpc) is 3.28. The Bertz CT molecular complexity index is 1200. The van der Waals surface area contributed by atoms with E-state index in [9.17, 15) is 4.79 Å². The molecule has 0 aliphatic carbocycles. The van der Waals surface area contributed by atoms with E-state index in [4.69, 9.17) is 4.98 Å². The van der Waals surface area contributed by atoms with Crippen molar-refractivity contribution in [3.8, 4) is 11.3 Å². The lowest BCUT2D eigenvalue weighted by atomic mass is 10.1. The number of halogens is 1. The molecule has 0 saturated carbocycles. The van der Waals surface area contributed by atoms with Crippen molar-refractivity contribution in [3.05, 3.63) is 76.4 Å². The van der Waals surface area contributed by atoms with Crippen molar-refractivity contribution in [1.82, 2.24) is 14.6 Å². The highest BCUT2D eigenvalue weighted by Crippen LogP contribution is 2.27. The van der Waals surface area contributed by atoms with Gasteiger partial charge in [-0.2, -0.15) is 9.61 Å². The normalized spacial score (nSPS) is 12.8. The van der Waals surface area contributed by atoms with E-state index >= 15 is 0 Å². The molecule has 0 spiro atoms. The second-order valence-electron chi connectivity index (χ2n) is 6.69. The number of anilines is 2. The molecule has 2 aromatic carbocycles. The summed E-state index contributed by atoms with van der Waals surface area (Å²) in [6, 6.07) is 18.1. The van der Waals surface area contributed by atoms with Crippen LogP contribution in [0.4, 0.5) is 11.5 Å². The number of hydrogen-bond donors (Lipinski definition) is 2. The van der Waals surface area contributed by atoms with Crippen LogP contribution in [0, 0.1) is 0 Å². The van der Waals surface area contributed by atoms with Gasteiger partial charge in [-0.15, -0.1) is 0 Å². The maximum Gasteiger partial charge on any atom is 0.228 e. The summed E-state index contributed by atoms with van der Waals surface area (Å²) >= 11 is 3.53. The SMILES string of the molecule is O=C1Cc2cc(CNc3cc(-c4ccccc4)nc4c(Br)cnn34)ccc2N1. The zero-order valence-electron chi connectivity index (χ0n) is 14.8. The van der Waals surface area contributed by atoms with Gasteiger partial charge in [0, 0.05) is 23.9 Å². The molecule has 2 aromatic heterocycles. The van der Waals surface area contributed by atoms with Gasteiger partial charge in [0.05, 0.1) is 22.8 Å². The number of amides is 1. The molecule has 5 rings (SSSR count). The van der Waals surface area contributed by atoms with Crippen LogP contribution in [0.1, 0.15) is 11.1 Å². The van der Waals surface area contributed by atoms with Crippen LogP contribution in [-0.4, -0.2) is 20.5 Å². The molecule has 1 amide bonds. The van der Waals surface area contributed by atoms with Gasteiger partial charge >= 0.3 is 0 Å². The van der Waals surface area contributed by atoms with Gasteiger partial charge in [-0.05, 0) is 33.1 Å². The summed E-state index contributed by atoms with van der Waals surface area (Å²) in [5.41, 5.74) is 5.72. The number of hydrogen-bond acceptors (Lipinski definition) is 4. The summed E-state index contributed by atoms with van der Waals surface area (Å²) < 4.78 is 2.63. The fourth-order valence-corrected chi connectivity index (χ4v) is 3.75.